The molecule has 22 heavy (non-hydrogen) atoms. The van der Waals surface area contributed by atoms with Crippen molar-refractivity contribution in [2.45, 2.75) is 19.4 Å². The van der Waals surface area contributed by atoms with Crippen molar-refractivity contribution in [3.63, 3.8) is 0 Å². The van der Waals surface area contributed by atoms with E-state index in [2.05, 4.69) is 10.4 Å². The Hall–Kier alpha value is -2.74. The highest BCUT2D eigenvalue weighted by Crippen LogP contribution is 2.15. The maximum atomic E-state index is 12.1. The molecule has 1 aromatic carbocycles. The summed E-state index contributed by atoms with van der Waals surface area (Å²) < 4.78 is 1.48. The summed E-state index contributed by atoms with van der Waals surface area (Å²) in [7, 11) is 0. The molecule has 0 fully saturated rings. The van der Waals surface area contributed by atoms with Crippen molar-refractivity contribution in [3.05, 3.63) is 52.3 Å². The van der Waals surface area contributed by atoms with Crippen LogP contribution in [0.4, 0.5) is 5.69 Å². The summed E-state index contributed by atoms with van der Waals surface area (Å²) in [6.07, 6.45) is 1.62. The van der Waals surface area contributed by atoms with Gasteiger partial charge in [0.2, 0.25) is 0 Å². The predicted octanol–water partition coefficient (Wildman–Crippen LogP) is 1.25. The Labute approximate surface area is 127 Å². The Morgan fingerprint density at radius 3 is 2.55 bits per heavy atom. The van der Waals surface area contributed by atoms with Crippen LogP contribution in [-0.4, -0.2) is 32.7 Å². The molecule has 0 aliphatic rings. The molecule has 0 atom stereocenters. The molecule has 1 amide bonds. The van der Waals surface area contributed by atoms with Gasteiger partial charge in [0.1, 0.15) is 0 Å². The number of nitrogens with one attached hydrogen (secondary N) is 1. The van der Waals surface area contributed by atoms with Gasteiger partial charge < -0.3 is 11.1 Å². The first-order valence-corrected chi connectivity index (χ1v) is 6.65. The number of carbonyl (C=O) groups excluding carboxylic acids is 1. The van der Waals surface area contributed by atoms with Gasteiger partial charge in [0.25, 0.3) is 11.6 Å². The topological polar surface area (TPSA) is 116 Å². The van der Waals surface area contributed by atoms with E-state index >= 15 is 0 Å². The molecular formula is C14H17N5O3. The Balaban J connectivity index is 2.17. The summed E-state index contributed by atoms with van der Waals surface area (Å²) in [5.74, 6) is -0.323. The minimum absolute atomic E-state index is 0.00133. The minimum Gasteiger partial charge on any atom is -0.344 e. The van der Waals surface area contributed by atoms with Crippen LogP contribution in [0.2, 0.25) is 0 Å². The summed E-state index contributed by atoms with van der Waals surface area (Å²) >= 11 is 0. The van der Waals surface area contributed by atoms with Gasteiger partial charge in [-0.25, -0.2) is 4.68 Å². The van der Waals surface area contributed by atoms with Gasteiger partial charge in [0.15, 0.2) is 5.69 Å². The molecule has 0 unspecified atom stereocenters. The maximum Gasteiger partial charge on any atom is 0.272 e. The zero-order chi connectivity index (χ0) is 16.3. The molecule has 2 rings (SSSR count). The van der Waals surface area contributed by atoms with Gasteiger partial charge in [-0.3, -0.25) is 14.9 Å². The lowest BCUT2D eigenvalue weighted by Gasteiger charge is -2.23. The van der Waals surface area contributed by atoms with Gasteiger partial charge >= 0.3 is 0 Å². The Kier molecular flexibility index (Phi) is 4.22. The fourth-order valence-electron chi connectivity index (χ4n) is 1.74. The van der Waals surface area contributed by atoms with Crippen molar-refractivity contribution in [1.29, 1.82) is 0 Å². The zero-order valence-corrected chi connectivity index (χ0v) is 12.3. The van der Waals surface area contributed by atoms with Gasteiger partial charge in [0.05, 0.1) is 10.6 Å². The highest BCUT2D eigenvalue weighted by molar-refractivity contribution is 5.92. The molecule has 2 aromatic rings. The first-order valence-electron chi connectivity index (χ1n) is 6.65. The number of hydrogen-bond acceptors (Lipinski definition) is 5. The third kappa shape index (κ3) is 3.47. The van der Waals surface area contributed by atoms with Crippen LogP contribution < -0.4 is 11.1 Å². The molecule has 1 heterocycles. The number of amides is 1. The fourth-order valence-corrected chi connectivity index (χ4v) is 1.74. The molecule has 0 radical (unpaired) electrons. The molecule has 0 aliphatic carbocycles. The third-order valence-corrected chi connectivity index (χ3v) is 3.11. The smallest absolute Gasteiger partial charge is 0.272 e. The fraction of sp³-hybridized carbons (Fsp3) is 0.286. The van der Waals surface area contributed by atoms with E-state index in [0.29, 0.717) is 12.2 Å². The van der Waals surface area contributed by atoms with Crippen molar-refractivity contribution in [3.8, 4) is 5.69 Å². The van der Waals surface area contributed by atoms with Crippen molar-refractivity contribution < 1.29 is 9.72 Å². The molecule has 0 saturated carbocycles. The quantitative estimate of drug-likeness (QED) is 0.637. The number of rotatable bonds is 5. The number of non-ortho nitro benzene ring substituents is 1. The summed E-state index contributed by atoms with van der Waals surface area (Å²) in [5, 5.41) is 17.6. The first-order chi connectivity index (χ1) is 10.3. The number of nitro benzene ring substituents is 1. The van der Waals surface area contributed by atoms with Crippen molar-refractivity contribution in [2.24, 2.45) is 5.73 Å². The number of nitrogens with two attached hydrogens (primary N) is 1. The molecule has 116 valence electrons. The number of hydrogen-bond donors (Lipinski definition) is 2. The largest absolute Gasteiger partial charge is 0.344 e. The van der Waals surface area contributed by atoms with E-state index in [1.165, 1.54) is 16.8 Å². The zero-order valence-electron chi connectivity index (χ0n) is 12.3. The molecule has 0 aliphatic heterocycles. The van der Waals surface area contributed by atoms with E-state index in [4.69, 9.17) is 5.73 Å². The van der Waals surface area contributed by atoms with E-state index in [1.807, 2.05) is 13.8 Å². The second kappa shape index (κ2) is 5.94. The van der Waals surface area contributed by atoms with Crippen LogP contribution >= 0.6 is 0 Å². The number of benzene rings is 1. The Bertz CT molecular complexity index is 691. The Morgan fingerprint density at radius 2 is 2.00 bits per heavy atom. The molecule has 3 N–H and O–H groups in total. The van der Waals surface area contributed by atoms with Crippen LogP contribution in [0.5, 0.6) is 0 Å². The van der Waals surface area contributed by atoms with E-state index in [1.54, 1.807) is 24.4 Å². The van der Waals surface area contributed by atoms with Gasteiger partial charge in [-0.05, 0) is 32.0 Å². The lowest BCUT2D eigenvalue weighted by molar-refractivity contribution is -0.384. The lowest BCUT2D eigenvalue weighted by atomic mass is 10.1. The first kappa shape index (κ1) is 15.6. The monoisotopic (exact) mass is 303 g/mol. The lowest BCUT2D eigenvalue weighted by Crippen LogP contribution is -2.48. The average Bonchev–Trinajstić information content (AvgIpc) is 2.97. The maximum absolute atomic E-state index is 12.1. The summed E-state index contributed by atoms with van der Waals surface area (Å²) in [4.78, 5) is 22.2. The molecule has 1 aromatic heterocycles. The predicted molar refractivity (Wildman–Crippen MR) is 80.8 cm³/mol. The minimum atomic E-state index is -0.520. The van der Waals surface area contributed by atoms with E-state index in [0.717, 1.165) is 0 Å². The highest BCUT2D eigenvalue weighted by atomic mass is 16.6. The van der Waals surface area contributed by atoms with Crippen LogP contribution in [0, 0.1) is 10.1 Å². The van der Waals surface area contributed by atoms with Crippen LogP contribution in [0.3, 0.4) is 0 Å². The van der Waals surface area contributed by atoms with E-state index in [9.17, 15) is 14.9 Å². The Morgan fingerprint density at radius 1 is 1.36 bits per heavy atom. The molecule has 0 bridgehead atoms. The van der Waals surface area contributed by atoms with Crippen LogP contribution in [0.15, 0.2) is 36.5 Å². The molecule has 0 saturated heterocycles. The molecule has 8 heteroatoms. The number of aromatic nitrogens is 2. The molecular weight excluding hydrogens is 286 g/mol. The number of nitrogens with zero attached hydrogens (tertiary/aromatic N) is 3. The standard InChI is InChI=1S/C14H17N5O3/c1-14(2,9-15)16-13(20)12-7-8-18(17-12)10-3-5-11(6-4-10)19(21)22/h3-8H,9,15H2,1-2H3,(H,16,20). The van der Waals surface area contributed by atoms with Gasteiger partial charge in [-0.15, -0.1) is 0 Å². The second-order valence-electron chi connectivity index (χ2n) is 5.46. The summed E-state index contributed by atoms with van der Waals surface area (Å²) in [5.41, 5.74) is 5.93. The normalized spacial score (nSPS) is 11.2. The van der Waals surface area contributed by atoms with Crippen molar-refractivity contribution >= 4 is 11.6 Å². The van der Waals surface area contributed by atoms with Gasteiger partial charge in [-0.1, -0.05) is 0 Å². The van der Waals surface area contributed by atoms with Crippen molar-refractivity contribution in [1.82, 2.24) is 15.1 Å². The van der Waals surface area contributed by atoms with E-state index < -0.39 is 10.5 Å². The van der Waals surface area contributed by atoms with Gasteiger partial charge in [0, 0.05) is 30.4 Å². The van der Waals surface area contributed by atoms with Crippen LogP contribution in [-0.2, 0) is 0 Å². The third-order valence-electron chi connectivity index (χ3n) is 3.11. The summed E-state index contributed by atoms with van der Waals surface area (Å²) in [6.45, 7) is 3.94. The second-order valence-corrected chi connectivity index (χ2v) is 5.46. The van der Waals surface area contributed by atoms with Crippen molar-refractivity contribution in [2.75, 3.05) is 6.54 Å². The van der Waals surface area contributed by atoms with Gasteiger partial charge in [-0.2, -0.15) is 5.10 Å². The summed E-state index contributed by atoms with van der Waals surface area (Å²) in [6, 6.07) is 7.47. The van der Waals surface area contributed by atoms with Crippen LogP contribution in [0.25, 0.3) is 5.69 Å². The number of nitro groups is 1. The van der Waals surface area contributed by atoms with Crippen LogP contribution in [0.1, 0.15) is 24.3 Å². The SMILES string of the molecule is CC(C)(CN)NC(=O)c1ccn(-c2ccc([N+](=O)[O-])cc2)n1. The number of carbonyl (C=O) groups is 1. The highest BCUT2D eigenvalue weighted by Gasteiger charge is 2.20. The molecule has 0 spiro atoms. The van der Waals surface area contributed by atoms with E-state index in [-0.39, 0.29) is 17.3 Å². The average molecular weight is 303 g/mol. The molecule has 8 nitrogen and oxygen atoms in total.